The van der Waals surface area contributed by atoms with Gasteiger partial charge < -0.3 is 14.2 Å². The van der Waals surface area contributed by atoms with Crippen molar-refractivity contribution in [2.24, 2.45) is 0 Å². The summed E-state index contributed by atoms with van der Waals surface area (Å²) in [4.78, 5) is 28.4. The average molecular weight is 326 g/mol. The van der Waals surface area contributed by atoms with Gasteiger partial charge in [-0.25, -0.2) is 0 Å². The lowest BCUT2D eigenvalue weighted by Gasteiger charge is -2.19. The van der Waals surface area contributed by atoms with Crippen LogP contribution in [0.3, 0.4) is 0 Å². The van der Waals surface area contributed by atoms with Crippen LogP contribution in [0, 0.1) is 6.92 Å². The summed E-state index contributed by atoms with van der Waals surface area (Å²) in [7, 11) is 6.98. The van der Waals surface area contributed by atoms with Crippen LogP contribution < -0.4 is 0 Å². The van der Waals surface area contributed by atoms with Crippen LogP contribution in [-0.4, -0.2) is 63.0 Å². The molecular formula is C16H26N2O5. The van der Waals surface area contributed by atoms with Crippen molar-refractivity contribution >= 4 is 11.8 Å². The Labute approximate surface area is 137 Å². The van der Waals surface area contributed by atoms with Gasteiger partial charge in [-0.05, 0) is 39.6 Å². The third-order valence-corrected chi connectivity index (χ3v) is 2.71. The summed E-state index contributed by atoms with van der Waals surface area (Å²) in [5.74, 6) is -0.806. The molecule has 1 aromatic rings. The van der Waals surface area contributed by atoms with Crippen LogP contribution in [0.25, 0.3) is 0 Å². The van der Waals surface area contributed by atoms with E-state index in [2.05, 4.69) is 9.72 Å². The van der Waals surface area contributed by atoms with Gasteiger partial charge in [0, 0.05) is 20.4 Å². The summed E-state index contributed by atoms with van der Waals surface area (Å²) in [5, 5.41) is 0. The lowest BCUT2D eigenvalue weighted by molar-refractivity contribution is -0.179. The van der Waals surface area contributed by atoms with Crippen LogP contribution in [0.5, 0.6) is 0 Å². The largest absolute Gasteiger partial charge is 0.466 e. The number of esters is 1. The Kier molecular flexibility index (Phi) is 10.8. The summed E-state index contributed by atoms with van der Waals surface area (Å²) in [6.07, 6.45) is 1.08. The third kappa shape index (κ3) is 8.39. The molecule has 0 radical (unpaired) electrons. The number of ether oxygens (including phenoxy) is 3. The number of hydrogen-bond acceptors (Lipinski definition) is 7. The summed E-state index contributed by atoms with van der Waals surface area (Å²) in [6.45, 7) is 3.77. The molecule has 7 nitrogen and oxygen atoms in total. The van der Waals surface area contributed by atoms with Gasteiger partial charge in [0.2, 0.25) is 6.41 Å². The van der Waals surface area contributed by atoms with Gasteiger partial charge in [0.1, 0.15) is 12.1 Å². The second-order valence-corrected chi connectivity index (χ2v) is 4.82. The fourth-order valence-corrected chi connectivity index (χ4v) is 1.72. The zero-order valence-electron chi connectivity index (χ0n) is 14.7. The molecule has 0 atom stereocenters. The zero-order chi connectivity index (χ0) is 17.8. The van der Waals surface area contributed by atoms with Crippen LogP contribution in [0.4, 0.5) is 0 Å². The number of aromatic nitrogens is 1. The highest BCUT2D eigenvalue weighted by Crippen LogP contribution is 2.06. The zero-order valence-corrected chi connectivity index (χ0v) is 14.7. The van der Waals surface area contributed by atoms with Crippen molar-refractivity contribution < 1.29 is 23.8 Å². The van der Waals surface area contributed by atoms with Crippen molar-refractivity contribution in [3.8, 4) is 0 Å². The molecule has 1 aromatic heterocycles. The van der Waals surface area contributed by atoms with Gasteiger partial charge in [-0.2, -0.15) is 0 Å². The lowest BCUT2D eigenvalue weighted by atomic mass is 10.1. The summed E-state index contributed by atoms with van der Waals surface area (Å²) < 4.78 is 14.4. The number of hydrogen-bond donors (Lipinski definition) is 0. The Morgan fingerprint density at radius 1 is 1.26 bits per heavy atom. The number of carbonyl (C=O) groups excluding carboxylic acids is 2. The monoisotopic (exact) mass is 326 g/mol. The first-order chi connectivity index (χ1) is 10.9. The number of methoxy groups -OCH3 is 2. The molecular weight excluding hydrogens is 300 g/mol. The van der Waals surface area contributed by atoms with Gasteiger partial charge in [-0.3, -0.25) is 19.5 Å². The molecule has 0 saturated heterocycles. The number of nitrogens with zero attached hydrogens (tertiary/aromatic N) is 2. The Morgan fingerprint density at radius 3 is 2.26 bits per heavy atom. The molecule has 0 aliphatic heterocycles. The molecule has 7 heteroatoms. The minimum Gasteiger partial charge on any atom is -0.466 e. The molecule has 130 valence electrons. The van der Waals surface area contributed by atoms with Crippen LogP contribution in [0.2, 0.25) is 0 Å². The number of aryl methyl sites for hydroxylation is 1. The Hall–Kier alpha value is -1.83. The second-order valence-electron chi connectivity index (χ2n) is 4.82. The van der Waals surface area contributed by atoms with Crippen LogP contribution >= 0.6 is 0 Å². The van der Waals surface area contributed by atoms with Crippen molar-refractivity contribution in [3.05, 3.63) is 29.6 Å². The molecule has 1 rings (SSSR count). The molecule has 0 unspecified atom stereocenters. The van der Waals surface area contributed by atoms with E-state index < -0.39 is 5.97 Å². The molecule has 1 heterocycles. The summed E-state index contributed by atoms with van der Waals surface area (Å²) in [5.41, 5.74) is 1.11. The van der Waals surface area contributed by atoms with E-state index in [-0.39, 0.29) is 25.2 Å². The maximum absolute atomic E-state index is 11.6. The Bertz CT molecular complexity index is 487. The van der Waals surface area contributed by atoms with E-state index in [1.807, 2.05) is 19.0 Å². The third-order valence-electron chi connectivity index (χ3n) is 2.71. The van der Waals surface area contributed by atoms with E-state index in [0.29, 0.717) is 5.69 Å². The first-order valence-electron chi connectivity index (χ1n) is 7.19. The number of ketones is 1. The van der Waals surface area contributed by atoms with Crippen LogP contribution in [0.1, 0.15) is 29.4 Å². The topological polar surface area (TPSA) is 78.0 Å². The summed E-state index contributed by atoms with van der Waals surface area (Å²) >= 11 is 0. The van der Waals surface area contributed by atoms with Gasteiger partial charge >= 0.3 is 5.97 Å². The van der Waals surface area contributed by atoms with Crippen molar-refractivity contribution in [3.63, 3.8) is 0 Å². The quantitative estimate of drug-likeness (QED) is 0.326. The van der Waals surface area contributed by atoms with Gasteiger partial charge in [0.25, 0.3) is 0 Å². The Balaban J connectivity index is 0.000000515. The molecule has 0 aliphatic rings. The Morgan fingerprint density at radius 2 is 1.87 bits per heavy atom. The average Bonchev–Trinajstić information content (AvgIpc) is 2.49. The maximum atomic E-state index is 11.6. The highest BCUT2D eigenvalue weighted by Gasteiger charge is 2.15. The van der Waals surface area contributed by atoms with Crippen LogP contribution in [0.15, 0.2) is 18.3 Å². The van der Waals surface area contributed by atoms with E-state index in [1.165, 1.54) is 6.20 Å². The maximum Gasteiger partial charge on any atom is 0.313 e. The number of rotatable bonds is 7. The fraction of sp³-hybridized carbons (Fsp3) is 0.562. The van der Waals surface area contributed by atoms with Crippen molar-refractivity contribution in [1.29, 1.82) is 0 Å². The molecule has 0 saturated carbocycles. The fourth-order valence-electron chi connectivity index (χ4n) is 1.72. The first kappa shape index (κ1) is 21.2. The highest BCUT2D eigenvalue weighted by atomic mass is 16.7. The molecule has 23 heavy (non-hydrogen) atoms. The van der Waals surface area contributed by atoms with Crippen LogP contribution in [-0.2, 0) is 19.0 Å². The number of Topliss-reactive ketones (excluding diaryl/α,β-unsaturated/α-hetero) is 1. The molecule has 0 fully saturated rings. The molecule has 0 aliphatic carbocycles. The van der Waals surface area contributed by atoms with E-state index in [4.69, 9.17) is 9.47 Å². The SMILES string of the molecule is CCOC(=O)CC(=O)c1ncccc1C.COC(OC)N(C)C. The second kappa shape index (κ2) is 11.7. The van der Waals surface area contributed by atoms with Crippen molar-refractivity contribution in [1.82, 2.24) is 9.88 Å². The van der Waals surface area contributed by atoms with Crippen molar-refractivity contribution in [2.45, 2.75) is 26.7 Å². The van der Waals surface area contributed by atoms with Gasteiger partial charge in [0.05, 0.1) is 6.61 Å². The number of pyridine rings is 1. The van der Waals surface area contributed by atoms with Crippen molar-refractivity contribution in [2.75, 3.05) is 34.9 Å². The molecule has 0 bridgehead atoms. The highest BCUT2D eigenvalue weighted by molar-refractivity contribution is 6.05. The van der Waals surface area contributed by atoms with E-state index in [9.17, 15) is 9.59 Å². The van der Waals surface area contributed by atoms with Gasteiger partial charge in [0.15, 0.2) is 5.78 Å². The first-order valence-corrected chi connectivity index (χ1v) is 7.19. The molecule has 0 N–H and O–H groups in total. The number of carbonyl (C=O) groups is 2. The smallest absolute Gasteiger partial charge is 0.313 e. The predicted molar refractivity (Wildman–Crippen MR) is 86.0 cm³/mol. The minimum absolute atomic E-state index is 0.213. The molecule has 0 amide bonds. The van der Waals surface area contributed by atoms with E-state index >= 15 is 0 Å². The molecule has 0 spiro atoms. The lowest BCUT2D eigenvalue weighted by Crippen LogP contribution is -2.30. The summed E-state index contributed by atoms with van der Waals surface area (Å²) in [6, 6.07) is 3.53. The van der Waals surface area contributed by atoms with Gasteiger partial charge in [-0.1, -0.05) is 6.07 Å². The standard InChI is InChI=1S/C11H13NO3.C5H13NO2/c1-3-15-10(14)7-9(13)11-8(2)5-4-6-12-11;1-6(2)5(7-3)8-4/h4-6H,3,7H2,1-2H3;5H,1-4H3. The minimum atomic E-state index is -0.507. The van der Waals surface area contributed by atoms with Gasteiger partial charge in [-0.15, -0.1) is 0 Å². The normalized spacial score (nSPS) is 10.3. The van der Waals surface area contributed by atoms with E-state index in [1.54, 1.807) is 40.2 Å². The predicted octanol–water partition coefficient (Wildman–Crippen LogP) is 1.65. The van der Waals surface area contributed by atoms with E-state index in [0.717, 1.165) is 5.56 Å². The molecule has 0 aromatic carbocycles.